The van der Waals surface area contributed by atoms with Crippen LogP contribution in [0.3, 0.4) is 0 Å². The summed E-state index contributed by atoms with van der Waals surface area (Å²) >= 11 is 0. The van der Waals surface area contributed by atoms with Gasteiger partial charge in [-0.1, -0.05) is 266 Å². The summed E-state index contributed by atoms with van der Waals surface area (Å²) in [5.74, 6) is -0.992. The van der Waals surface area contributed by atoms with Crippen LogP contribution in [0, 0.1) is 0 Å². The molecule has 6 heteroatoms. The Kier molecular flexibility index (Phi) is 50.0. The lowest BCUT2D eigenvalue weighted by Gasteiger charge is -2.18. The average molecular weight is 903 g/mol. The molecule has 0 aromatic rings. The summed E-state index contributed by atoms with van der Waals surface area (Å²) in [6.07, 6.45) is 69.8. The van der Waals surface area contributed by atoms with Gasteiger partial charge in [-0.2, -0.15) is 0 Å². The maximum absolute atomic E-state index is 12.8. The second kappa shape index (κ2) is 52.9. The van der Waals surface area contributed by atoms with Gasteiger partial charge in [0.15, 0.2) is 6.10 Å². The molecule has 0 saturated carbocycles. The molecule has 65 heavy (non-hydrogen) atoms. The molecule has 1 unspecified atom stereocenters. The maximum Gasteiger partial charge on any atom is 0.306 e. The van der Waals surface area contributed by atoms with E-state index in [0.29, 0.717) is 19.3 Å². The standard InChI is InChI=1S/C59H98O6/c1-4-7-10-13-16-19-22-25-27-28-29-30-32-34-37-40-43-46-49-52-58(61)64-55-56(54-63-57(60)51-48-45-42-39-36-33-24-21-18-15-12-9-6-3)65-59(62)53-50-47-44-41-38-35-31-26-23-20-17-14-11-8-5-2/h8-9,11-12,14-15,17-18,20-21,23-24,33,36,39,42,56H,4-7,10,13,16,19,22,25-32,34-35,37-38,40-41,43-55H2,1-3H3/b11-8+,12-9+,17-14+,18-15+,23-20+,24-21+,36-33+,42-39+. The monoisotopic (exact) mass is 903 g/mol. The van der Waals surface area contributed by atoms with Gasteiger partial charge in [-0.15, -0.1) is 0 Å². The van der Waals surface area contributed by atoms with Crippen molar-refractivity contribution < 1.29 is 28.6 Å². The number of carbonyl (C=O) groups is 3. The van der Waals surface area contributed by atoms with Gasteiger partial charge in [-0.05, 0) is 51.4 Å². The molecule has 0 amide bonds. The van der Waals surface area contributed by atoms with Crippen LogP contribution in [0.2, 0.25) is 0 Å². The number of ether oxygens (including phenoxy) is 3. The number of allylic oxidation sites excluding steroid dienone is 16. The zero-order chi connectivity index (χ0) is 47.2. The topological polar surface area (TPSA) is 78.9 Å². The molecule has 0 bridgehead atoms. The highest BCUT2D eigenvalue weighted by Crippen LogP contribution is 2.16. The van der Waals surface area contributed by atoms with Crippen molar-refractivity contribution in [2.75, 3.05) is 13.2 Å². The molecule has 0 aromatic carbocycles. The second-order valence-corrected chi connectivity index (χ2v) is 17.6. The molecule has 0 aromatic heterocycles. The summed E-state index contributed by atoms with van der Waals surface area (Å²) in [6.45, 7) is 6.30. The molecule has 0 heterocycles. The van der Waals surface area contributed by atoms with Crippen molar-refractivity contribution >= 4 is 17.9 Å². The van der Waals surface area contributed by atoms with Crippen LogP contribution in [0.15, 0.2) is 97.2 Å². The fraction of sp³-hybridized carbons (Fsp3) is 0.678. The van der Waals surface area contributed by atoms with Crippen LogP contribution in [0.25, 0.3) is 0 Å². The predicted octanol–water partition coefficient (Wildman–Crippen LogP) is 17.8. The third kappa shape index (κ3) is 51.2. The first-order chi connectivity index (χ1) is 32.0. The summed E-state index contributed by atoms with van der Waals surface area (Å²) in [4.78, 5) is 38.0. The fourth-order valence-electron chi connectivity index (χ4n) is 7.30. The van der Waals surface area contributed by atoms with Crippen LogP contribution < -0.4 is 0 Å². The minimum atomic E-state index is -0.812. The molecule has 1 atom stereocenters. The van der Waals surface area contributed by atoms with Crippen molar-refractivity contribution in [1.29, 1.82) is 0 Å². The quantitative estimate of drug-likeness (QED) is 0.0262. The lowest BCUT2D eigenvalue weighted by Crippen LogP contribution is -2.30. The molecule has 0 aliphatic heterocycles. The van der Waals surface area contributed by atoms with E-state index in [4.69, 9.17) is 14.2 Å². The van der Waals surface area contributed by atoms with Crippen molar-refractivity contribution in [3.63, 3.8) is 0 Å². The minimum absolute atomic E-state index is 0.104. The van der Waals surface area contributed by atoms with Gasteiger partial charge in [0.25, 0.3) is 0 Å². The van der Waals surface area contributed by atoms with E-state index in [1.165, 1.54) is 122 Å². The van der Waals surface area contributed by atoms with E-state index in [1.54, 1.807) is 0 Å². The smallest absolute Gasteiger partial charge is 0.306 e. The summed E-state index contributed by atoms with van der Waals surface area (Å²) in [5, 5.41) is 0. The van der Waals surface area contributed by atoms with Crippen LogP contribution in [0.4, 0.5) is 0 Å². The zero-order valence-corrected chi connectivity index (χ0v) is 42.2. The van der Waals surface area contributed by atoms with Gasteiger partial charge in [0.1, 0.15) is 13.2 Å². The highest BCUT2D eigenvalue weighted by Gasteiger charge is 2.19. The van der Waals surface area contributed by atoms with Crippen LogP contribution in [-0.4, -0.2) is 37.2 Å². The Labute approximate surface area is 400 Å². The zero-order valence-electron chi connectivity index (χ0n) is 42.2. The van der Waals surface area contributed by atoms with Crippen molar-refractivity contribution in [1.82, 2.24) is 0 Å². The van der Waals surface area contributed by atoms with Gasteiger partial charge in [0.05, 0.1) is 0 Å². The van der Waals surface area contributed by atoms with Gasteiger partial charge in [0, 0.05) is 19.3 Å². The Morgan fingerprint density at radius 3 is 1.00 bits per heavy atom. The first-order valence-electron chi connectivity index (χ1n) is 26.8. The molecule has 0 aliphatic rings. The molecule has 0 radical (unpaired) electrons. The number of unbranched alkanes of at least 4 members (excludes halogenated alkanes) is 26. The predicted molar refractivity (Wildman–Crippen MR) is 279 cm³/mol. The molecule has 0 aliphatic carbocycles. The lowest BCUT2D eigenvalue weighted by molar-refractivity contribution is -0.167. The van der Waals surface area contributed by atoms with Crippen molar-refractivity contribution in [2.45, 2.75) is 245 Å². The molecule has 370 valence electrons. The molecular formula is C59H98O6. The van der Waals surface area contributed by atoms with E-state index in [1.807, 2.05) is 54.7 Å². The largest absolute Gasteiger partial charge is 0.462 e. The van der Waals surface area contributed by atoms with Crippen LogP contribution >= 0.6 is 0 Å². The van der Waals surface area contributed by atoms with E-state index in [0.717, 1.165) is 70.6 Å². The van der Waals surface area contributed by atoms with Crippen molar-refractivity contribution in [2.24, 2.45) is 0 Å². The van der Waals surface area contributed by atoms with Gasteiger partial charge in [0.2, 0.25) is 0 Å². The third-order valence-corrected chi connectivity index (χ3v) is 11.3. The number of rotatable bonds is 47. The molecule has 0 saturated heterocycles. The van der Waals surface area contributed by atoms with E-state index in [9.17, 15) is 14.4 Å². The van der Waals surface area contributed by atoms with Crippen molar-refractivity contribution in [3.8, 4) is 0 Å². The van der Waals surface area contributed by atoms with Crippen LogP contribution in [-0.2, 0) is 28.6 Å². The van der Waals surface area contributed by atoms with E-state index < -0.39 is 6.10 Å². The Morgan fingerprint density at radius 2 is 0.615 bits per heavy atom. The normalized spacial score (nSPS) is 12.8. The summed E-state index contributed by atoms with van der Waals surface area (Å²) < 4.78 is 16.7. The van der Waals surface area contributed by atoms with E-state index in [-0.39, 0.29) is 37.5 Å². The Morgan fingerprint density at radius 1 is 0.323 bits per heavy atom. The Hall–Kier alpha value is -3.67. The van der Waals surface area contributed by atoms with Crippen LogP contribution in [0.5, 0.6) is 0 Å². The minimum Gasteiger partial charge on any atom is -0.462 e. The highest BCUT2D eigenvalue weighted by atomic mass is 16.6. The van der Waals surface area contributed by atoms with Gasteiger partial charge >= 0.3 is 17.9 Å². The number of hydrogen-bond donors (Lipinski definition) is 0. The molecule has 0 rings (SSSR count). The lowest BCUT2D eigenvalue weighted by atomic mass is 10.0. The van der Waals surface area contributed by atoms with E-state index in [2.05, 4.69) is 63.3 Å². The summed E-state index contributed by atoms with van der Waals surface area (Å²) in [7, 11) is 0. The number of hydrogen-bond acceptors (Lipinski definition) is 6. The third-order valence-electron chi connectivity index (χ3n) is 11.3. The number of esters is 3. The van der Waals surface area contributed by atoms with Gasteiger partial charge < -0.3 is 14.2 Å². The molecule has 0 fully saturated rings. The first kappa shape index (κ1) is 61.3. The summed E-state index contributed by atoms with van der Waals surface area (Å²) in [5.41, 5.74) is 0. The average Bonchev–Trinajstić information content (AvgIpc) is 3.30. The second-order valence-electron chi connectivity index (χ2n) is 17.6. The van der Waals surface area contributed by atoms with Gasteiger partial charge in [-0.3, -0.25) is 14.4 Å². The highest BCUT2D eigenvalue weighted by molar-refractivity contribution is 5.71. The fourth-order valence-corrected chi connectivity index (χ4v) is 7.30. The van der Waals surface area contributed by atoms with E-state index >= 15 is 0 Å². The summed E-state index contributed by atoms with van der Waals surface area (Å²) in [6, 6.07) is 0. The first-order valence-corrected chi connectivity index (χ1v) is 26.8. The maximum atomic E-state index is 12.8. The van der Waals surface area contributed by atoms with Crippen molar-refractivity contribution in [3.05, 3.63) is 97.2 Å². The number of carbonyl (C=O) groups excluding carboxylic acids is 3. The molecular weight excluding hydrogens is 805 g/mol. The molecule has 0 spiro atoms. The SMILES string of the molecule is CC/C=C/C=C/C=C/C=C/C=C/CCCC(=O)OCC(COC(=O)CCCCCCCCCCCCCCCCCCCCC)OC(=O)CCCCCCCCC/C=C/C=C/C=C/CC. The van der Waals surface area contributed by atoms with Gasteiger partial charge in [-0.25, -0.2) is 0 Å². The Balaban J connectivity index is 4.43. The van der Waals surface area contributed by atoms with Crippen LogP contribution in [0.1, 0.15) is 239 Å². The Bertz CT molecular complexity index is 1310. The molecule has 0 N–H and O–H groups in total. The molecule has 6 nitrogen and oxygen atoms in total.